The van der Waals surface area contributed by atoms with Crippen molar-refractivity contribution < 1.29 is 9.59 Å². The van der Waals surface area contributed by atoms with E-state index in [4.69, 9.17) is 0 Å². The van der Waals surface area contributed by atoms with Crippen LogP contribution in [0.15, 0.2) is 18.2 Å². The van der Waals surface area contributed by atoms with Gasteiger partial charge in [0.1, 0.15) is 11.5 Å². The van der Waals surface area contributed by atoms with Gasteiger partial charge in [-0.2, -0.15) is 0 Å². The number of aromatic nitrogens is 1. The van der Waals surface area contributed by atoms with Crippen LogP contribution in [0.25, 0.3) is 0 Å². The van der Waals surface area contributed by atoms with E-state index in [1.807, 2.05) is 20.8 Å². The number of anilines is 1. The predicted octanol–water partition coefficient (Wildman–Crippen LogP) is 1.55. The summed E-state index contributed by atoms with van der Waals surface area (Å²) in [5, 5.41) is 8.60. The standard InChI is InChI=1S/C15H24N4O2/c1-4-11(3)18-14(20)9-10-17-15(21)12-7-6-8-13(19-12)16-5-2/h6-8,11H,4-5,9-10H2,1-3H3,(H,16,19)(H,17,21)(H,18,20). The monoisotopic (exact) mass is 292 g/mol. The highest BCUT2D eigenvalue weighted by atomic mass is 16.2. The van der Waals surface area contributed by atoms with E-state index in [-0.39, 0.29) is 24.3 Å². The first-order valence-electron chi connectivity index (χ1n) is 7.35. The van der Waals surface area contributed by atoms with E-state index >= 15 is 0 Å². The third-order valence-corrected chi connectivity index (χ3v) is 3.00. The Morgan fingerprint density at radius 3 is 2.71 bits per heavy atom. The van der Waals surface area contributed by atoms with Crippen molar-refractivity contribution in [3.05, 3.63) is 23.9 Å². The van der Waals surface area contributed by atoms with Gasteiger partial charge in [0, 0.05) is 25.6 Å². The van der Waals surface area contributed by atoms with Crippen molar-refractivity contribution in [3.8, 4) is 0 Å². The second-order valence-corrected chi connectivity index (χ2v) is 4.82. The first kappa shape index (κ1) is 16.9. The van der Waals surface area contributed by atoms with E-state index in [0.717, 1.165) is 13.0 Å². The number of nitrogens with zero attached hydrogens (tertiary/aromatic N) is 1. The average molecular weight is 292 g/mol. The molecule has 0 aliphatic heterocycles. The second kappa shape index (κ2) is 8.94. The number of amides is 2. The smallest absolute Gasteiger partial charge is 0.269 e. The quantitative estimate of drug-likeness (QED) is 0.679. The maximum atomic E-state index is 11.9. The minimum atomic E-state index is -0.272. The molecule has 0 saturated carbocycles. The van der Waals surface area contributed by atoms with Crippen LogP contribution in [0.2, 0.25) is 0 Å². The third kappa shape index (κ3) is 6.25. The highest BCUT2D eigenvalue weighted by Crippen LogP contribution is 2.04. The van der Waals surface area contributed by atoms with E-state index in [1.54, 1.807) is 18.2 Å². The van der Waals surface area contributed by atoms with Crippen LogP contribution in [0.1, 0.15) is 44.1 Å². The SMILES string of the molecule is CCNc1cccc(C(=O)NCCC(=O)NC(C)CC)n1. The van der Waals surface area contributed by atoms with Gasteiger partial charge in [0.25, 0.3) is 5.91 Å². The van der Waals surface area contributed by atoms with Crippen LogP contribution in [0.4, 0.5) is 5.82 Å². The summed E-state index contributed by atoms with van der Waals surface area (Å²) in [7, 11) is 0. The van der Waals surface area contributed by atoms with Crippen LogP contribution >= 0.6 is 0 Å². The molecule has 2 amide bonds. The maximum Gasteiger partial charge on any atom is 0.269 e. The molecule has 6 heteroatoms. The fraction of sp³-hybridized carbons (Fsp3) is 0.533. The predicted molar refractivity (Wildman–Crippen MR) is 83.2 cm³/mol. The summed E-state index contributed by atoms with van der Waals surface area (Å²) < 4.78 is 0. The van der Waals surface area contributed by atoms with Gasteiger partial charge >= 0.3 is 0 Å². The molecule has 1 heterocycles. The van der Waals surface area contributed by atoms with Crippen molar-refractivity contribution in [2.45, 2.75) is 39.7 Å². The van der Waals surface area contributed by atoms with Crippen molar-refractivity contribution in [1.82, 2.24) is 15.6 Å². The van der Waals surface area contributed by atoms with E-state index in [9.17, 15) is 9.59 Å². The number of hydrogen-bond donors (Lipinski definition) is 3. The van der Waals surface area contributed by atoms with Gasteiger partial charge in [-0.3, -0.25) is 9.59 Å². The first-order chi connectivity index (χ1) is 10.1. The van der Waals surface area contributed by atoms with Gasteiger partial charge in [0.2, 0.25) is 5.91 Å². The van der Waals surface area contributed by atoms with Crippen LogP contribution < -0.4 is 16.0 Å². The molecule has 0 saturated heterocycles. The van der Waals surface area contributed by atoms with Crippen molar-refractivity contribution >= 4 is 17.6 Å². The van der Waals surface area contributed by atoms with Gasteiger partial charge in [-0.1, -0.05) is 13.0 Å². The Kier molecular flexibility index (Phi) is 7.21. The van der Waals surface area contributed by atoms with Gasteiger partial charge < -0.3 is 16.0 Å². The van der Waals surface area contributed by atoms with Crippen molar-refractivity contribution in [2.24, 2.45) is 0 Å². The van der Waals surface area contributed by atoms with E-state index in [0.29, 0.717) is 18.1 Å². The second-order valence-electron chi connectivity index (χ2n) is 4.82. The first-order valence-corrected chi connectivity index (χ1v) is 7.35. The molecule has 0 aromatic carbocycles. The fourth-order valence-electron chi connectivity index (χ4n) is 1.67. The Morgan fingerprint density at radius 1 is 1.29 bits per heavy atom. The Hall–Kier alpha value is -2.11. The van der Waals surface area contributed by atoms with Crippen molar-refractivity contribution in [3.63, 3.8) is 0 Å². The van der Waals surface area contributed by atoms with Crippen LogP contribution in [0.3, 0.4) is 0 Å². The molecular formula is C15H24N4O2. The highest BCUT2D eigenvalue weighted by molar-refractivity contribution is 5.92. The molecular weight excluding hydrogens is 268 g/mol. The zero-order valence-electron chi connectivity index (χ0n) is 12.9. The molecule has 1 aromatic rings. The third-order valence-electron chi connectivity index (χ3n) is 3.00. The zero-order valence-corrected chi connectivity index (χ0v) is 12.9. The van der Waals surface area contributed by atoms with Crippen LogP contribution in [0, 0.1) is 0 Å². The summed E-state index contributed by atoms with van der Waals surface area (Å²) >= 11 is 0. The highest BCUT2D eigenvalue weighted by Gasteiger charge is 2.09. The van der Waals surface area contributed by atoms with Crippen LogP contribution in [-0.2, 0) is 4.79 Å². The van der Waals surface area contributed by atoms with Gasteiger partial charge in [-0.05, 0) is 32.4 Å². The Bertz CT molecular complexity index is 476. The number of rotatable bonds is 8. The van der Waals surface area contributed by atoms with Crippen LogP contribution in [0.5, 0.6) is 0 Å². The molecule has 21 heavy (non-hydrogen) atoms. The largest absolute Gasteiger partial charge is 0.370 e. The summed E-state index contributed by atoms with van der Waals surface area (Å²) in [6, 6.07) is 5.39. The lowest BCUT2D eigenvalue weighted by Gasteiger charge is -2.11. The molecule has 1 unspecified atom stereocenters. The zero-order chi connectivity index (χ0) is 15.7. The number of hydrogen-bond acceptors (Lipinski definition) is 4. The molecule has 3 N–H and O–H groups in total. The molecule has 0 bridgehead atoms. The lowest BCUT2D eigenvalue weighted by molar-refractivity contribution is -0.121. The molecule has 116 valence electrons. The molecule has 0 fully saturated rings. The van der Waals surface area contributed by atoms with Crippen LogP contribution in [-0.4, -0.2) is 35.9 Å². The molecule has 1 rings (SSSR count). The molecule has 6 nitrogen and oxygen atoms in total. The molecule has 0 aliphatic carbocycles. The van der Waals surface area contributed by atoms with Gasteiger partial charge in [0.05, 0.1) is 0 Å². The van der Waals surface area contributed by atoms with Gasteiger partial charge in [-0.25, -0.2) is 4.98 Å². The lowest BCUT2D eigenvalue weighted by Crippen LogP contribution is -2.35. The van der Waals surface area contributed by atoms with Crippen molar-refractivity contribution in [2.75, 3.05) is 18.4 Å². The number of nitrogens with one attached hydrogen (secondary N) is 3. The summed E-state index contributed by atoms with van der Waals surface area (Å²) in [6.07, 6.45) is 1.15. The Balaban J connectivity index is 2.40. The molecule has 1 aromatic heterocycles. The van der Waals surface area contributed by atoms with E-state index < -0.39 is 0 Å². The van der Waals surface area contributed by atoms with E-state index in [2.05, 4.69) is 20.9 Å². The minimum Gasteiger partial charge on any atom is -0.370 e. The molecule has 0 spiro atoms. The summed E-state index contributed by atoms with van der Waals surface area (Å²) in [5.41, 5.74) is 0.343. The topological polar surface area (TPSA) is 83.1 Å². The fourth-order valence-corrected chi connectivity index (χ4v) is 1.67. The minimum absolute atomic E-state index is 0.0565. The Morgan fingerprint density at radius 2 is 2.05 bits per heavy atom. The Labute approximate surface area is 125 Å². The van der Waals surface area contributed by atoms with Gasteiger partial charge in [0.15, 0.2) is 0 Å². The molecule has 1 atom stereocenters. The average Bonchev–Trinajstić information content (AvgIpc) is 2.47. The molecule has 0 radical (unpaired) electrons. The lowest BCUT2D eigenvalue weighted by atomic mass is 10.2. The van der Waals surface area contributed by atoms with Gasteiger partial charge in [-0.15, -0.1) is 0 Å². The van der Waals surface area contributed by atoms with Crippen molar-refractivity contribution in [1.29, 1.82) is 0 Å². The number of carbonyl (C=O) groups is 2. The summed E-state index contributed by atoms with van der Waals surface area (Å²) in [4.78, 5) is 27.7. The number of carbonyl (C=O) groups excluding carboxylic acids is 2. The maximum absolute atomic E-state index is 11.9. The molecule has 0 aliphatic rings. The summed E-state index contributed by atoms with van der Waals surface area (Å²) in [6.45, 7) is 6.97. The van der Waals surface area contributed by atoms with E-state index in [1.165, 1.54) is 0 Å². The number of pyridine rings is 1. The normalized spacial score (nSPS) is 11.6. The summed E-state index contributed by atoms with van der Waals surface area (Å²) in [5.74, 6) is 0.338.